The molecule has 0 aromatic heterocycles. The normalized spacial score (nSPS) is 28.6. The lowest BCUT2D eigenvalue weighted by atomic mass is 10.4. The molecule has 46 valence electrons. The molecule has 1 rings (SSSR count). The molecule has 0 aliphatic carbocycles. The summed E-state index contributed by atoms with van der Waals surface area (Å²) in [7, 11) is 0. The van der Waals surface area contributed by atoms with Gasteiger partial charge in [0.2, 0.25) is 0 Å². The Hall–Kier alpha value is -0.770. The van der Waals surface area contributed by atoms with Crippen LogP contribution >= 0.6 is 0 Å². The highest BCUT2D eigenvalue weighted by atomic mass is 16.7. The number of cyclic esters (lactones) is 1. The van der Waals surface area contributed by atoms with Gasteiger partial charge in [-0.25, -0.2) is 4.79 Å². The van der Waals surface area contributed by atoms with E-state index >= 15 is 0 Å². The minimum atomic E-state index is -0.510. The quantitative estimate of drug-likeness (QED) is 0.487. The lowest BCUT2D eigenvalue weighted by molar-refractivity contribution is -0.0663. The van der Waals surface area contributed by atoms with Crippen molar-refractivity contribution >= 4 is 6.09 Å². The maximum atomic E-state index is 10.2. The van der Waals surface area contributed by atoms with E-state index in [4.69, 9.17) is 0 Å². The van der Waals surface area contributed by atoms with Crippen molar-refractivity contribution in [2.45, 2.75) is 13.0 Å². The molecule has 0 bridgehead atoms. The molecule has 0 aromatic carbocycles. The third-order valence-corrected chi connectivity index (χ3v) is 0.782. The standard InChI is InChI=1S/C4H7NO3/c1-3-2-7-5-4(6)8-3/h3H,2H2,1H3,(H,5,6). The lowest BCUT2D eigenvalue weighted by Crippen LogP contribution is -2.38. The molecular weight excluding hydrogens is 110 g/mol. The van der Waals surface area contributed by atoms with Crippen molar-refractivity contribution in [3.05, 3.63) is 0 Å². The summed E-state index contributed by atoms with van der Waals surface area (Å²) in [6, 6.07) is 0. The molecule has 1 aliphatic heterocycles. The number of hydrogen-bond donors (Lipinski definition) is 1. The van der Waals surface area contributed by atoms with E-state index in [1.165, 1.54) is 0 Å². The van der Waals surface area contributed by atoms with Crippen molar-refractivity contribution < 1.29 is 14.4 Å². The van der Waals surface area contributed by atoms with Crippen molar-refractivity contribution in [1.29, 1.82) is 0 Å². The number of carbonyl (C=O) groups excluding carboxylic acids is 1. The maximum absolute atomic E-state index is 10.2. The van der Waals surface area contributed by atoms with E-state index < -0.39 is 6.09 Å². The lowest BCUT2D eigenvalue weighted by Gasteiger charge is -2.18. The Morgan fingerprint density at radius 2 is 2.62 bits per heavy atom. The third kappa shape index (κ3) is 1.10. The summed E-state index contributed by atoms with van der Waals surface area (Å²) in [6.07, 6.45) is -0.632. The second-order valence-corrected chi connectivity index (χ2v) is 1.63. The minimum absolute atomic E-state index is 0.122. The summed E-state index contributed by atoms with van der Waals surface area (Å²) in [6.45, 7) is 2.18. The van der Waals surface area contributed by atoms with Gasteiger partial charge in [0.1, 0.15) is 12.7 Å². The van der Waals surface area contributed by atoms with Gasteiger partial charge in [-0.2, -0.15) is 5.48 Å². The van der Waals surface area contributed by atoms with Crippen molar-refractivity contribution in [2.75, 3.05) is 6.61 Å². The van der Waals surface area contributed by atoms with Crippen LogP contribution in [-0.4, -0.2) is 18.8 Å². The SMILES string of the molecule is CC1CONC(=O)O1. The Labute approximate surface area is 46.7 Å². The van der Waals surface area contributed by atoms with Crippen molar-refractivity contribution in [1.82, 2.24) is 5.48 Å². The molecule has 1 unspecified atom stereocenters. The first kappa shape index (κ1) is 5.37. The van der Waals surface area contributed by atoms with E-state index in [0.717, 1.165) is 0 Å². The molecule has 1 heterocycles. The van der Waals surface area contributed by atoms with Gasteiger partial charge in [0.05, 0.1) is 0 Å². The van der Waals surface area contributed by atoms with Gasteiger partial charge in [0, 0.05) is 0 Å². The van der Waals surface area contributed by atoms with Gasteiger partial charge in [0.25, 0.3) is 0 Å². The van der Waals surface area contributed by atoms with Crippen LogP contribution in [0.2, 0.25) is 0 Å². The number of rotatable bonds is 0. The van der Waals surface area contributed by atoms with Gasteiger partial charge in [0.15, 0.2) is 0 Å². The molecule has 0 saturated carbocycles. The summed E-state index contributed by atoms with van der Waals surface area (Å²) < 4.78 is 4.61. The molecule has 4 heteroatoms. The summed E-state index contributed by atoms with van der Waals surface area (Å²) >= 11 is 0. The molecule has 1 saturated heterocycles. The summed E-state index contributed by atoms with van der Waals surface area (Å²) in [4.78, 5) is 14.8. The molecule has 4 nitrogen and oxygen atoms in total. The van der Waals surface area contributed by atoms with Crippen LogP contribution in [0.1, 0.15) is 6.92 Å². The van der Waals surface area contributed by atoms with Crippen LogP contribution < -0.4 is 5.48 Å². The molecule has 0 radical (unpaired) electrons. The van der Waals surface area contributed by atoms with Crippen LogP contribution in [0.15, 0.2) is 0 Å². The average molecular weight is 117 g/mol. The number of hydrogen-bond acceptors (Lipinski definition) is 3. The van der Waals surface area contributed by atoms with Crippen LogP contribution in [0, 0.1) is 0 Å². The zero-order chi connectivity index (χ0) is 5.98. The molecule has 8 heavy (non-hydrogen) atoms. The third-order valence-electron chi connectivity index (χ3n) is 0.782. The van der Waals surface area contributed by atoms with Crippen molar-refractivity contribution in [2.24, 2.45) is 0 Å². The van der Waals surface area contributed by atoms with Crippen LogP contribution in [0.25, 0.3) is 0 Å². The fourth-order valence-electron chi connectivity index (χ4n) is 0.459. The first-order valence-corrected chi connectivity index (χ1v) is 2.37. The molecule has 0 aromatic rings. The number of hydroxylamine groups is 1. The minimum Gasteiger partial charge on any atom is -0.442 e. The van der Waals surface area contributed by atoms with E-state index in [1.54, 1.807) is 6.92 Å². The number of carbonyl (C=O) groups is 1. The van der Waals surface area contributed by atoms with Crippen molar-refractivity contribution in [3.8, 4) is 0 Å². The molecule has 1 fully saturated rings. The monoisotopic (exact) mass is 117 g/mol. The summed E-state index contributed by atoms with van der Waals surface area (Å²) in [5.74, 6) is 0. The Bertz CT molecular complexity index is 103. The van der Waals surface area contributed by atoms with E-state index in [2.05, 4.69) is 15.1 Å². The fraction of sp³-hybridized carbons (Fsp3) is 0.750. The van der Waals surface area contributed by atoms with Crippen LogP contribution in [0.4, 0.5) is 4.79 Å². The number of nitrogens with one attached hydrogen (secondary N) is 1. The zero-order valence-electron chi connectivity index (χ0n) is 4.51. The molecule has 1 N–H and O–H groups in total. The molecule has 1 atom stereocenters. The van der Waals surface area contributed by atoms with E-state index in [-0.39, 0.29) is 6.10 Å². The molecular formula is C4H7NO3. The first-order valence-electron chi connectivity index (χ1n) is 2.37. The highest BCUT2D eigenvalue weighted by Crippen LogP contribution is 1.96. The topological polar surface area (TPSA) is 47.6 Å². The van der Waals surface area contributed by atoms with Gasteiger partial charge < -0.3 is 4.74 Å². The van der Waals surface area contributed by atoms with Gasteiger partial charge in [-0.1, -0.05) is 0 Å². The van der Waals surface area contributed by atoms with Crippen LogP contribution in [0.5, 0.6) is 0 Å². The van der Waals surface area contributed by atoms with Gasteiger partial charge in [-0.15, -0.1) is 0 Å². The Balaban J connectivity index is 2.34. The predicted molar refractivity (Wildman–Crippen MR) is 25.0 cm³/mol. The summed E-state index contributed by atoms with van der Waals surface area (Å²) in [5, 5.41) is 0. The molecule has 1 aliphatic rings. The smallest absolute Gasteiger partial charge is 0.431 e. The second-order valence-electron chi connectivity index (χ2n) is 1.63. The fourth-order valence-corrected chi connectivity index (χ4v) is 0.459. The molecule has 1 amide bonds. The Morgan fingerprint density at radius 3 is 3.00 bits per heavy atom. The van der Waals surface area contributed by atoms with E-state index in [9.17, 15) is 4.79 Å². The van der Waals surface area contributed by atoms with Crippen LogP contribution in [0.3, 0.4) is 0 Å². The number of amides is 1. The van der Waals surface area contributed by atoms with Crippen molar-refractivity contribution in [3.63, 3.8) is 0 Å². The first-order chi connectivity index (χ1) is 3.79. The van der Waals surface area contributed by atoms with Gasteiger partial charge in [-0.05, 0) is 6.92 Å². The van der Waals surface area contributed by atoms with Gasteiger partial charge >= 0.3 is 6.09 Å². The molecule has 0 spiro atoms. The van der Waals surface area contributed by atoms with E-state index in [0.29, 0.717) is 6.61 Å². The highest BCUT2D eigenvalue weighted by Gasteiger charge is 2.14. The Kier molecular flexibility index (Phi) is 1.34. The van der Waals surface area contributed by atoms with Crippen LogP contribution in [-0.2, 0) is 9.57 Å². The summed E-state index contributed by atoms with van der Waals surface area (Å²) in [5.41, 5.74) is 2.05. The van der Waals surface area contributed by atoms with E-state index in [1.807, 2.05) is 0 Å². The second kappa shape index (κ2) is 2.00. The predicted octanol–water partition coefficient (Wildman–Crippen LogP) is 0.0463. The average Bonchev–Trinajstić information content (AvgIpc) is 1.64. The number of ether oxygens (including phenoxy) is 1. The largest absolute Gasteiger partial charge is 0.442 e. The maximum Gasteiger partial charge on any atom is 0.431 e. The van der Waals surface area contributed by atoms with Gasteiger partial charge in [-0.3, -0.25) is 4.84 Å². The highest BCUT2D eigenvalue weighted by molar-refractivity contribution is 5.66. The zero-order valence-corrected chi connectivity index (χ0v) is 4.51. The Morgan fingerprint density at radius 1 is 1.88 bits per heavy atom.